The van der Waals surface area contributed by atoms with Gasteiger partial charge in [-0.2, -0.15) is 9.78 Å². The number of anilines is 1. The first-order valence-corrected chi connectivity index (χ1v) is 10.4. The van der Waals surface area contributed by atoms with Crippen molar-refractivity contribution < 1.29 is 19.4 Å². The van der Waals surface area contributed by atoms with Gasteiger partial charge in [0.2, 0.25) is 0 Å². The van der Waals surface area contributed by atoms with Gasteiger partial charge in [-0.3, -0.25) is 25.0 Å². The van der Waals surface area contributed by atoms with Crippen molar-refractivity contribution in [2.24, 2.45) is 0 Å². The maximum Gasteiger partial charge on any atom is 0.279 e. The Labute approximate surface area is 198 Å². The van der Waals surface area contributed by atoms with E-state index in [1.165, 1.54) is 11.6 Å². The van der Waals surface area contributed by atoms with E-state index in [1.54, 1.807) is 32.2 Å². The molecule has 0 aliphatic heterocycles. The highest BCUT2D eigenvalue weighted by Crippen LogP contribution is 2.30. The van der Waals surface area contributed by atoms with E-state index >= 15 is 0 Å². The van der Waals surface area contributed by atoms with E-state index in [0.717, 1.165) is 23.1 Å². The summed E-state index contributed by atoms with van der Waals surface area (Å²) in [6.07, 6.45) is 0. The molecule has 1 N–H and O–H groups in total. The van der Waals surface area contributed by atoms with Crippen LogP contribution in [0.4, 0.5) is 17.2 Å². The molecule has 0 unspecified atom stereocenters. The largest absolute Gasteiger partial charge is 0.494 e. The van der Waals surface area contributed by atoms with Gasteiger partial charge in [0.05, 0.1) is 34.3 Å². The number of nitro benzene ring substituents is 2. The molecule has 0 saturated heterocycles. The SMILES string of the molecule is COc1cccc2c(C)cc(-n3nc(C)cc3NC(=O)c3cc([N+](=O)[O-])cc([N+](=O)[O-])c3C)nc12. The number of para-hydroxylation sites is 1. The lowest BCUT2D eigenvalue weighted by Gasteiger charge is -2.13. The van der Waals surface area contributed by atoms with Gasteiger partial charge in [0.1, 0.15) is 17.1 Å². The first-order chi connectivity index (χ1) is 16.6. The number of fused-ring (bicyclic) bond motifs is 1. The number of nitrogens with zero attached hydrogens (tertiary/aromatic N) is 5. The van der Waals surface area contributed by atoms with Crippen LogP contribution in [0.3, 0.4) is 0 Å². The Balaban J connectivity index is 1.80. The van der Waals surface area contributed by atoms with E-state index in [2.05, 4.69) is 15.4 Å². The summed E-state index contributed by atoms with van der Waals surface area (Å²) in [6.45, 7) is 5.00. The number of amides is 1. The fourth-order valence-corrected chi connectivity index (χ4v) is 3.81. The van der Waals surface area contributed by atoms with Gasteiger partial charge in [-0.25, -0.2) is 4.98 Å². The fraction of sp³-hybridized carbons (Fsp3) is 0.174. The molecule has 0 fully saturated rings. The van der Waals surface area contributed by atoms with Crippen molar-refractivity contribution >= 4 is 34.0 Å². The van der Waals surface area contributed by atoms with Crippen LogP contribution < -0.4 is 10.1 Å². The third kappa shape index (κ3) is 4.24. The second-order valence-electron chi connectivity index (χ2n) is 7.84. The summed E-state index contributed by atoms with van der Waals surface area (Å²) < 4.78 is 6.86. The molecule has 0 spiro atoms. The van der Waals surface area contributed by atoms with Gasteiger partial charge in [0.25, 0.3) is 17.3 Å². The third-order valence-corrected chi connectivity index (χ3v) is 5.52. The summed E-state index contributed by atoms with van der Waals surface area (Å²) in [5.41, 5.74) is 0.816. The van der Waals surface area contributed by atoms with E-state index in [0.29, 0.717) is 22.8 Å². The lowest BCUT2D eigenvalue weighted by molar-refractivity contribution is -0.394. The molecule has 12 nitrogen and oxygen atoms in total. The minimum Gasteiger partial charge on any atom is -0.494 e. The van der Waals surface area contributed by atoms with Crippen molar-refractivity contribution in [1.29, 1.82) is 0 Å². The summed E-state index contributed by atoms with van der Waals surface area (Å²) in [6, 6.07) is 10.8. The number of non-ortho nitro benzene ring substituents is 1. The molecule has 2 aromatic carbocycles. The van der Waals surface area contributed by atoms with Gasteiger partial charge in [0, 0.05) is 23.1 Å². The van der Waals surface area contributed by atoms with Crippen LogP contribution in [0.25, 0.3) is 16.7 Å². The van der Waals surface area contributed by atoms with E-state index in [4.69, 9.17) is 4.74 Å². The summed E-state index contributed by atoms with van der Waals surface area (Å²) in [4.78, 5) is 38.9. The van der Waals surface area contributed by atoms with Crippen molar-refractivity contribution in [3.8, 4) is 11.6 Å². The number of hydrogen-bond acceptors (Lipinski definition) is 8. The van der Waals surface area contributed by atoms with Crippen LogP contribution in [0.2, 0.25) is 0 Å². The van der Waals surface area contributed by atoms with Gasteiger partial charge >= 0.3 is 0 Å². The molecule has 0 aliphatic carbocycles. The number of aromatic nitrogens is 3. The minimum atomic E-state index is -0.785. The molecule has 0 atom stereocenters. The van der Waals surface area contributed by atoms with E-state index in [1.807, 2.05) is 19.1 Å². The van der Waals surface area contributed by atoms with Crippen LogP contribution in [0, 0.1) is 41.0 Å². The minimum absolute atomic E-state index is 0.00491. The molecule has 2 heterocycles. The first kappa shape index (κ1) is 23.3. The lowest BCUT2D eigenvalue weighted by atomic mass is 10.0. The second kappa shape index (κ2) is 8.82. The Morgan fingerprint density at radius 2 is 1.80 bits per heavy atom. The maximum atomic E-state index is 13.1. The van der Waals surface area contributed by atoms with Crippen molar-refractivity contribution in [1.82, 2.24) is 14.8 Å². The molecule has 0 aliphatic rings. The number of carbonyl (C=O) groups is 1. The van der Waals surface area contributed by atoms with Crippen molar-refractivity contribution in [2.45, 2.75) is 20.8 Å². The van der Waals surface area contributed by atoms with Crippen LogP contribution in [0.5, 0.6) is 5.75 Å². The number of methoxy groups -OCH3 is 1. The lowest BCUT2D eigenvalue weighted by Crippen LogP contribution is -2.17. The van der Waals surface area contributed by atoms with Crippen molar-refractivity contribution in [2.75, 3.05) is 12.4 Å². The summed E-state index contributed by atoms with van der Waals surface area (Å²) in [5, 5.41) is 30.6. The Morgan fingerprint density at radius 3 is 2.46 bits per heavy atom. The van der Waals surface area contributed by atoms with Gasteiger partial charge < -0.3 is 10.1 Å². The number of rotatable bonds is 6. The van der Waals surface area contributed by atoms with Crippen molar-refractivity contribution in [3.05, 3.63) is 85.1 Å². The second-order valence-corrected chi connectivity index (χ2v) is 7.84. The number of nitrogens with one attached hydrogen (secondary N) is 1. The monoisotopic (exact) mass is 476 g/mol. The highest BCUT2D eigenvalue weighted by atomic mass is 16.6. The summed E-state index contributed by atoms with van der Waals surface area (Å²) >= 11 is 0. The number of nitro groups is 2. The van der Waals surface area contributed by atoms with Crippen LogP contribution >= 0.6 is 0 Å². The molecule has 178 valence electrons. The van der Waals surface area contributed by atoms with Gasteiger partial charge in [0.15, 0.2) is 5.82 Å². The zero-order valence-corrected chi connectivity index (χ0v) is 19.2. The zero-order valence-electron chi connectivity index (χ0n) is 19.2. The smallest absolute Gasteiger partial charge is 0.279 e. The quantitative estimate of drug-likeness (QED) is 0.317. The Morgan fingerprint density at radius 1 is 1.06 bits per heavy atom. The predicted molar refractivity (Wildman–Crippen MR) is 127 cm³/mol. The third-order valence-electron chi connectivity index (χ3n) is 5.52. The van der Waals surface area contributed by atoms with E-state index in [-0.39, 0.29) is 16.9 Å². The Kier molecular flexibility index (Phi) is 5.87. The van der Waals surface area contributed by atoms with Gasteiger partial charge in [-0.15, -0.1) is 0 Å². The molecule has 35 heavy (non-hydrogen) atoms. The number of ether oxygens (including phenoxy) is 1. The standard InChI is InChI=1S/C23H20N6O6/c1-12-8-20(24-22-16(12)6-5-7-19(22)35-4)27-21(9-13(2)26-27)25-23(30)17-10-15(28(31)32)11-18(14(17)3)29(33)34/h5-11H,1-4H3,(H,25,30). The average molecular weight is 476 g/mol. The number of benzene rings is 2. The molecule has 12 heteroatoms. The topological polar surface area (TPSA) is 155 Å². The highest BCUT2D eigenvalue weighted by Gasteiger charge is 2.25. The highest BCUT2D eigenvalue weighted by molar-refractivity contribution is 6.06. The molecule has 1 amide bonds. The first-order valence-electron chi connectivity index (χ1n) is 10.4. The Bertz CT molecular complexity index is 1530. The molecule has 4 aromatic rings. The molecule has 0 saturated carbocycles. The van der Waals surface area contributed by atoms with Crippen molar-refractivity contribution in [3.63, 3.8) is 0 Å². The number of hydrogen-bond donors (Lipinski definition) is 1. The number of aryl methyl sites for hydroxylation is 2. The molecule has 2 aromatic heterocycles. The summed E-state index contributed by atoms with van der Waals surface area (Å²) in [5.74, 6) is 0.457. The molecule has 0 bridgehead atoms. The molecule has 4 rings (SSSR count). The molecular weight excluding hydrogens is 456 g/mol. The number of carbonyl (C=O) groups excluding carboxylic acids is 1. The molecule has 0 radical (unpaired) electrons. The maximum absolute atomic E-state index is 13.1. The Hall–Kier alpha value is -4.87. The van der Waals surface area contributed by atoms with Crippen LogP contribution in [0.1, 0.15) is 27.2 Å². The normalized spacial score (nSPS) is 10.9. The summed E-state index contributed by atoms with van der Waals surface area (Å²) in [7, 11) is 1.54. The predicted octanol–water partition coefficient (Wildman–Crippen LogP) is 4.42. The number of pyridine rings is 1. The van der Waals surface area contributed by atoms with E-state index in [9.17, 15) is 25.0 Å². The van der Waals surface area contributed by atoms with E-state index < -0.39 is 27.1 Å². The molecular formula is C23H20N6O6. The zero-order chi connectivity index (χ0) is 25.4. The van der Waals surface area contributed by atoms with Crippen LogP contribution in [-0.2, 0) is 0 Å². The van der Waals surface area contributed by atoms with Crippen LogP contribution in [-0.4, -0.2) is 37.6 Å². The van der Waals surface area contributed by atoms with Gasteiger partial charge in [-0.05, 0) is 38.5 Å². The van der Waals surface area contributed by atoms with Crippen LogP contribution in [0.15, 0.2) is 42.5 Å². The fourth-order valence-electron chi connectivity index (χ4n) is 3.81. The average Bonchev–Trinajstić information content (AvgIpc) is 3.18. The van der Waals surface area contributed by atoms with Gasteiger partial charge in [-0.1, -0.05) is 12.1 Å².